The average molecular weight is 326 g/mol. The summed E-state index contributed by atoms with van der Waals surface area (Å²) in [6, 6.07) is 8.99. The van der Waals surface area contributed by atoms with Crippen LogP contribution in [0.3, 0.4) is 0 Å². The summed E-state index contributed by atoms with van der Waals surface area (Å²) in [4.78, 5) is 15.7. The second kappa shape index (κ2) is 5.14. The molecule has 0 fully saturated rings. The maximum Gasteiger partial charge on any atom is 0.417 e. The number of pyridine rings is 1. The number of halogens is 4. The van der Waals surface area contributed by atoms with Crippen molar-refractivity contribution in [2.45, 2.75) is 6.18 Å². The number of fused-ring (bicyclic) bond motifs is 1. The molecule has 0 atom stereocenters. The SMILES string of the molecule is O=c1oc2ccccc2cc1-c1ncc(C(F)(F)F)cc1Cl. The van der Waals surface area contributed by atoms with Gasteiger partial charge in [-0.15, -0.1) is 0 Å². The number of hydrogen-bond acceptors (Lipinski definition) is 3. The van der Waals surface area contributed by atoms with Gasteiger partial charge in [-0.3, -0.25) is 4.98 Å². The number of aromatic nitrogens is 1. The summed E-state index contributed by atoms with van der Waals surface area (Å²) in [5.74, 6) is 0. The van der Waals surface area contributed by atoms with Crippen molar-refractivity contribution >= 4 is 22.6 Å². The third-order valence-electron chi connectivity index (χ3n) is 3.07. The molecule has 3 nitrogen and oxygen atoms in total. The fourth-order valence-electron chi connectivity index (χ4n) is 2.02. The van der Waals surface area contributed by atoms with Gasteiger partial charge in [0.1, 0.15) is 5.58 Å². The van der Waals surface area contributed by atoms with Gasteiger partial charge >= 0.3 is 11.8 Å². The summed E-state index contributed by atoms with van der Waals surface area (Å²) in [7, 11) is 0. The zero-order valence-corrected chi connectivity index (χ0v) is 11.6. The maximum atomic E-state index is 12.6. The molecule has 2 heterocycles. The second-order valence-corrected chi connectivity index (χ2v) is 4.94. The van der Waals surface area contributed by atoms with Crippen LogP contribution in [0.1, 0.15) is 5.56 Å². The normalized spacial score (nSPS) is 11.8. The lowest BCUT2D eigenvalue weighted by molar-refractivity contribution is -0.137. The minimum Gasteiger partial charge on any atom is -0.422 e. The molecule has 112 valence electrons. The molecule has 0 N–H and O–H groups in total. The number of nitrogens with zero attached hydrogens (tertiary/aromatic N) is 1. The molecule has 0 aliphatic carbocycles. The van der Waals surface area contributed by atoms with Gasteiger partial charge in [0.15, 0.2) is 0 Å². The first-order chi connectivity index (χ1) is 10.4. The highest BCUT2D eigenvalue weighted by molar-refractivity contribution is 6.33. The van der Waals surface area contributed by atoms with Crippen LogP contribution in [0.5, 0.6) is 0 Å². The van der Waals surface area contributed by atoms with E-state index in [2.05, 4.69) is 4.98 Å². The van der Waals surface area contributed by atoms with Crippen LogP contribution in [0.25, 0.3) is 22.2 Å². The van der Waals surface area contributed by atoms with Gasteiger partial charge in [0, 0.05) is 11.6 Å². The van der Waals surface area contributed by atoms with Gasteiger partial charge in [-0.2, -0.15) is 13.2 Å². The number of alkyl halides is 3. The van der Waals surface area contributed by atoms with Crippen molar-refractivity contribution in [2.24, 2.45) is 0 Å². The van der Waals surface area contributed by atoms with Gasteiger partial charge in [-0.05, 0) is 18.2 Å². The lowest BCUT2D eigenvalue weighted by Crippen LogP contribution is -2.08. The van der Waals surface area contributed by atoms with Crippen molar-refractivity contribution in [3.8, 4) is 11.3 Å². The average Bonchev–Trinajstić information content (AvgIpc) is 2.46. The van der Waals surface area contributed by atoms with Crippen LogP contribution in [0.15, 0.2) is 51.8 Å². The Morgan fingerprint density at radius 2 is 1.86 bits per heavy atom. The lowest BCUT2D eigenvalue weighted by atomic mass is 10.1. The summed E-state index contributed by atoms with van der Waals surface area (Å²) in [6.07, 6.45) is -3.92. The molecule has 0 amide bonds. The van der Waals surface area contributed by atoms with Gasteiger partial charge < -0.3 is 4.42 Å². The Morgan fingerprint density at radius 1 is 1.14 bits per heavy atom. The molecule has 3 rings (SSSR count). The fraction of sp³-hybridized carbons (Fsp3) is 0.0667. The Balaban J connectivity index is 2.19. The summed E-state index contributed by atoms with van der Waals surface area (Å²) in [5, 5.41) is 0.354. The third kappa shape index (κ3) is 2.57. The van der Waals surface area contributed by atoms with Gasteiger partial charge in [0.05, 0.1) is 21.8 Å². The molecule has 0 radical (unpaired) electrons. The van der Waals surface area contributed by atoms with Crippen LogP contribution in [-0.2, 0) is 6.18 Å². The summed E-state index contributed by atoms with van der Waals surface area (Å²) in [6.45, 7) is 0. The van der Waals surface area contributed by atoms with Crippen LogP contribution >= 0.6 is 11.6 Å². The third-order valence-corrected chi connectivity index (χ3v) is 3.35. The van der Waals surface area contributed by atoms with E-state index in [1.165, 1.54) is 6.07 Å². The predicted molar refractivity (Wildman–Crippen MR) is 75.7 cm³/mol. The van der Waals surface area contributed by atoms with Gasteiger partial charge in [-0.25, -0.2) is 4.79 Å². The quantitative estimate of drug-likeness (QED) is 0.617. The molecular formula is C15H7ClF3NO2. The fourth-order valence-corrected chi connectivity index (χ4v) is 2.29. The Morgan fingerprint density at radius 3 is 2.55 bits per heavy atom. The highest BCUT2D eigenvalue weighted by atomic mass is 35.5. The number of hydrogen-bond donors (Lipinski definition) is 0. The standard InChI is InChI=1S/C15H7ClF3NO2/c16-11-6-9(15(17,18)19)7-20-13(11)10-5-8-3-1-2-4-12(8)22-14(10)21/h1-7H. The van der Waals surface area contributed by atoms with E-state index in [4.69, 9.17) is 16.0 Å². The first-order valence-corrected chi connectivity index (χ1v) is 6.50. The van der Waals surface area contributed by atoms with E-state index in [0.29, 0.717) is 17.2 Å². The van der Waals surface area contributed by atoms with Crippen LogP contribution in [0, 0.1) is 0 Å². The van der Waals surface area contributed by atoms with Crippen molar-refractivity contribution in [1.29, 1.82) is 0 Å². The van der Waals surface area contributed by atoms with E-state index in [1.807, 2.05) is 0 Å². The monoisotopic (exact) mass is 325 g/mol. The van der Waals surface area contributed by atoms with E-state index in [1.54, 1.807) is 24.3 Å². The topological polar surface area (TPSA) is 43.1 Å². The highest BCUT2D eigenvalue weighted by Gasteiger charge is 2.31. The Labute approximate surface area is 127 Å². The van der Waals surface area contributed by atoms with Crippen LogP contribution in [0.4, 0.5) is 13.2 Å². The minimum atomic E-state index is -4.55. The van der Waals surface area contributed by atoms with E-state index >= 15 is 0 Å². The summed E-state index contributed by atoms with van der Waals surface area (Å²) >= 11 is 5.85. The predicted octanol–water partition coefficient (Wildman–Crippen LogP) is 4.53. The zero-order valence-electron chi connectivity index (χ0n) is 10.8. The summed E-state index contributed by atoms with van der Waals surface area (Å²) < 4.78 is 43.0. The number of benzene rings is 1. The number of rotatable bonds is 1. The molecule has 7 heteroatoms. The minimum absolute atomic E-state index is 0.0115. The van der Waals surface area contributed by atoms with E-state index in [9.17, 15) is 18.0 Å². The van der Waals surface area contributed by atoms with E-state index in [0.717, 1.165) is 6.07 Å². The van der Waals surface area contributed by atoms with Crippen LogP contribution < -0.4 is 5.63 Å². The van der Waals surface area contributed by atoms with Gasteiger partial charge in [0.2, 0.25) is 0 Å². The first kappa shape index (κ1) is 14.6. The molecule has 2 aromatic heterocycles. The molecule has 0 aliphatic heterocycles. The lowest BCUT2D eigenvalue weighted by Gasteiger charge is -2.09. The number of para-hydroxylation sites is 1. The van der Waals surface area contributed by atoms with Crippen LogP contribution in [0.2, 0.25) is 5.02 Å². The Kier molecular flexibility index (Phi) is 3.41. The molecule has 0 spiro atoms. The van der Waals surface area contributed by atoms with Crippen molar-refractivity contribution < 1.29 is 17.6 Å². The molecule has 0 bridgehead atoms. The Hall–Kier alpha value is -2.34. The van der Waals surface area contributed by atoms with Crippen LogP contribution in [-0.4, -0.2) is 4.98 Å². The molecule has 0 aliphatic rings. The molecule has 0 saturated heterocycles. The largest absolute Gasteiger partial charge is 0.422 e. The van der Waals surface area contributed by atoms with Crippen molar-refractivity contribution in [1.82, 2.24) is 4.98 Å². The van der Waals surface area contributed by atoms with Gasteiger partial charge in [-0.1, -0.05) is 29.8 Å². The zero-order chi connectivity index (χ0) is 15.9. The first-order valence-electron chi connectivity index (χ1n) is 6.12. The molecule has 0 unspecified atom stereocenters. The highest BCUT2D eigenvalue weighted by Crippen LogP contribution is 2.33. The smallest absolute Gasteiger partial charge is 0.417 e. The molecule has 22 heavy (non-hydrogen) atoms. The van der Waals surface area contributed by atoms with Crippen molar-refractivity contribution in [3.63, 3.8) is 0 Å². The van der Waals surface area contributed by atoms with Crippen molar-refractivity contribution in [3.05, 3.63) is 63.6 Å². The van der Waals surface area contributed by atoms with E-state index < -0.39 is 17.4 Å². The summed E-state index contributed by atoms with van der Waals surface area (Å²) in [5.41, 5.74) is -1.36. The molecule has 1 aromatic carbocycles. The molecule has 3 aromatic rings. The molecule has 0 saturated carbocycles. The Bertz CT molecular complexity index is 919. The molecular weight excluding hydrogens is 319 g/mol. The second-order valence-electron chi connectivity index (χ2n) is 4.54. The van der Waals surface area contributed by atoms with E-state index in [-0.39, 0.29) is 16.3 Å². The van der Waals surface area contributed by atoms with Crippen molar-refractivity contribution in [2.75, 3.05) is 0 Å². The van der Waals surface area contributed by atoms with Gasteiger partial charge in [0.25, 0.3) is 0 Å². The maximum absolute atomic E-state index is 12.6.